The average Bonchev–Trinajstić information content (AvgIpc) is 2.59. The Balaban J connectivity index is 2.21. The Bertz CT molecular complexity index is 883. The van der Waals surface area contributed by atoms with Crippen LogP contribution in [-0.2, 0) is 21.2 Å². The number of halogens is 2. The molecule has 0 fully saturated rings. The van der Waals surface area contributed by atoms with Crippen molar-refractivity contribution in [2.75, 3.05) is 18.4 Å². The predicted octanol–water partition coefficient (Wildman–Crippen LogP) is 3.60. The van der Waals surface area contributed by atoms with E-state index in [4.69, 9.17) is 23.2 Å². The maximum Gasteiger partial charge on any atom is 0.244 e. The molecule has 1 aromatic carbocycles. The van der Waals surface area contributed by atoms with Crippen molar-refractivity contribution in [1.29, 1.82) is 0 Å². The average molecular weight is 416 g/mol. The van der Waals surface area contributed by atoms with Crippen LogP contribution in [0.5, 0.6) is 0 Å². The normalized spacial score (nSPS) is 11.6. The van der Waals surface area contributed by atoms with Crippen LogP contribution in [0.1, 0.15) is 19.4 Å². The van der Waals surface area contributed by atoms with Gasteiger partial charge in [0.25, 0.3) is 0 Å². The topological polar surface area (TPSA) is 79.4 Å². The van der Waals surface area contributed by atoms with E-state index >= 15 is 0 Å². The molecule has 1 heterocycles. The molecular weight excluding hydrogens is 397 g/mol. The first-order valence-electron chi connectivity index (χ1n) is 7.98. The standard InChI is InChI=1S/C17H19Cl2N3O3S/c1-3-22(4-2)26(24,25)15-10-13(6-7-14(15)18)21-17(23)9-12-5-8-16(19)20-11-12/h5-8,10-11H,3-4,9H2,1-2H3,(H,21,23). The molecule has 2 rings (SSSR count). The van der Waals surface area contributed by atoms with Crippen LogP contribution in [0.15, 0.2) is 41.4 Å². The molecule has 0 bridgehead atoms. The Hall–Kier alpha value is -1.67. The monoisotopic (exact) mass is 415 g/mol. The van der Waals surface area contributed by atoms with E-state index in [0.29, 0.717) is 29.5 Å². The third-order valence-corrected chi connectivity index (χ3v) is 6.45. The highest BCUT2D eigenvalue weighted by Crippen LogP contribution is 2.27. The second kappa shape index (κ2) is 8.81. The molecule has 0 aliphatic carbocycles. The first kappa shape index (κ1) is 20.6. The quantitative estimate of drug-likeness (QED) is 0.700. The van der Waals surface area contributed by atoms with E-state index in [1.54, 1.807) is 32.0 Å². The van der Waals surface area contributed by atoms with Crippen LogP contribution in [0.2, 0.25) is 10.2 Å². The molecule has 140 valence electrons. The summed E-state index contributed by atoms with van der Waals surface area (Å²) in [5.74, 6) is -0.303. The maximum atomic E-state index is 12.7. The van der Waals surface area contributed by atoms with E-state index in [1.165, 1.54) is 22.6 Å². The lowest BCUT2D eigenvalue weighted by Crippen LogP contribution is -2.30. The number of amides is 1. The molecule has 0 saturated heterocycles. The number of nitrogens with zero attached hydrogens (tertiary/aromatic N) is 2. The highest BCUT2D eigenvalue weighted by molar-refractivity contribution is 7.89. The van der Waals surface area contributed by atoms with Crippen molar-refractivity contribution < 1.29 is 13.2 Å². The molecule has 6 nitrogen and oxygen atoms in total. The summed E-state index contributed by atoms with van der Waals surface area (Å²) in [5, 5.41) is 3.13. The number of anilines is 1. The molecule has 0 radical (unpaired) electrons. The molecular formula is C17H19Cl2N3O3S. The van der Waals surface area contributed by atoms with Gasteiger partial charge in [0.1, 0.15) is 10.0 Å². The summed E-state index contributed by atoms with van der Waals surface area (Å²) in [6, 6.07) is 7.68. The van der Waals surface area contributed by atoms with Crippen LogP contribution in [0.25, 0.3) is 0 Å². The van der Waals surface area contributed by atoms with Crippen LogP contribution < -0.4 is 5.32 Å². The lowest BCUT2D eigenvalue weighted by atomic mass is 10.2. The van der Waals surface area contributed by atoms with Gasteiger partial charge in [-0.2, -0.15) is 4.31 Å². The number of hydrogen-bond donors (Lipinski definition) is 1. The first-order chi connectivity index (χ1) is 12.3. The summed E-state index contributed by atoms with van der Waals surface area (Å²) in [6.07, 6.45) is 1.60. The van der Waals surface area contributed by atoms with E-state index in [0.717, 1.165) is 0 Å². The van der Waals surface area contributed by atoms with Crippen molar-refractivity contribution in [2.24, 2.45) is 0 Å². The largest absolute Gasteiger partial charge is 0.326 e. The molecule has 0 aliphatic rings. The highest BCUT2D eigenvalue weighted by atomic mass is 35.5. The van der Waals surface area contributed by atoms with Crippen molar-refractivity contribution in [3.63, 3.8) is 0 Å². The lowest BCUT2D eigenvalue weighted by Gasteiger charge is -2.19. The zero-order valence-corrected chi connectivity index (χ0v) is 16.7. The zero-order chi connectivity index (χ0) is 19.3. The van der Waals surface area contributed by atoms with Crippen molar-refractivity contribution in [1.82, 2.24) is 9.29 Å². The minimum Gasteiger partial charge on any atom is -0.326 e. The molecule has 1 aromatic heterocycles. The summed E-state index contributed by atoms with van der Waals surface area (Å²) in [4.78, 5) is 16.1. The Morgan fingerprint density at radius 3 is 2.42 bits per heavy atom. The first-order valence-corrected chi connectivity index (χ1v) is 10.2. The number of rotatable bonds is 7. The Morgan fingerprint density at radius 2 is 1.85 bits per heavy atom. The van der Waals surface area contributed by atoms with E-state index in [-0.39, 0.29) is 22.2 Å². The molecule has 1 amide bonds. The summed E-state index contributed by atoms with van der Waals surface area (Å²) in [5.41, 5.74) is 1.05. The minimum atomic E-state index is -3.73. The second-order valence-electron chi connectivity index (χ2n) is 5.45. The number of hydrogen-bond acceptors (Lipinski definition) is 4. The molecule has 1 N–H and O–H groups in total. The van der Waals surface area contributed by atoms with Crippen LogP contribution in [-0.4, -0.2) is 36.7 Å². The third-order valence-electron chi connectivity index (χ3n) is 3.69. The Morgan fingerprint density at radius 1 is 1.15 bits per heavy atom. The molecule has 0 saturated carbocycles. The van der Waals surface area contributed by atoms with Crippen LogP contribution >= 0.6 is 23.2 Å². The molecule has 2 aromatic rings. The van der Waals surface area contributed by atoms with Crippen molar-refractivity contribution in [3.8, 4) is 0 Å². The summed E-state index contributed by atoms with van der Waals surface area (Å²) in [7, 11) is -3.73. The van der Waals surface area contributed by atoms with E-state index in [1.807, 2.05) is 0 Å². The van der Waals surface area contributed by atoms with Gasteiger partial charge in [-0.05, 0) is 29.8 Å². The summed E-state index contributed by atoms with van der Waals surface area (Å²) in [6.45, 7) is 4.16. The van der Waals surface area contributed by atoms with Gasteiger partial charge in [-0.15, -0.1) is 0 Å². The fourth-order valence-corrected chi connectivity index (χ4v) is 4.45. The van der Waals surface area contributed by atoms with Crippen LogP contribution in [0.3, 0.4) is 0 Å². The zero-order valence-electron chi connectivity index (χ0n) is 14.4. The van der Waals surface area contributed by atoms with Gasteiger partial charge in [0.05, 0.1) is 11.4 Å². The fourth-order valence-electron chi connectivity index (χ4n) is 2.38. The molecule has 0 spiro atoms. The van der Waals surface area contributed by atoms with Gasteiger partial charge < -0.3 is 5.32 Å². The van der Waals surface area contributed by atoms with Gasteiger partial charge in [-0.1, -0.05) is 43.1 Å². The van der Waals surface area contributed by atoms with E-state index in [2.05, 4.69) is 10.3 Å². The van der Waals surface area contributed by atoms with E-state index < -0.39 is 10.0 Å². The van der Waals surface area contributed by atoms with Gasteiger partial charge in [0.2, 0.25) is 15.9 Å². The van der Waals surface area contributed by atoms with E-state index in [9.17, 15) is 13.2 Å². The summed E-state index contributed by atoms with van der Waals surface area (Å²) < 4.78 is 26.7. The fraction of sp³-hybridized carbons (Fsp3) is 0.294. The smallest absolute Gasteiger partial charge is 0.244 e. The predicted molar refractivity (Wildman–Crippen MR) is 103 cm³/mol. The van der Waals surface area contributed by atoms with Gasteiger partial charge in [-0.25, -0.2) is 13.4 Å². The van der Waals surface area contributed by atoms with Crippen molar-refractivity contribution in [3.05, 3.63) is 52.3 Å². The molecule has 26 heavy (non-hydrogen) atoms. The van der Waals surface area contributed by atoms with Crippen molar-refractivity contribution in [2.45, 2.75) is 25.2 Å². The minimum absolute atomic E-state index is 0.0335. The lowest BCUT2D eigenvalue weighted by molar-refractivity contribution is -0.115. The number of carbonyl (C=O) groups is 1. The molecule has 0 unspecified atom stereocenters. The van der Waals surface area contributed by atoms with Gasteiger partial charge in [0.15, 0.2) is 0 Å². The number of aromatic nitrogens is 1. The van der Waals surface area contributed by atoms with Crippen LogP contribution in [0.4, 0.5) is 5.69 Å². The van der Waals surface area contributed by atoms with Crippen molar-refractivity contribution >= 4 is 44.8 Å². The number of pyridine rings is 1. The molecule has 9 heteroatoms. The summed E-state index contributed by atoms with van der Waals surface area (Å²) >= 11 is 11.8. The number of benzene rings is 1. The van der Waals surface area contributed by atoms with Crippen LogP contribution in [0, 0.1) is 0 Å². The number of nitrogens with one attached hydrogen (secondary N) is 1. The second-order valence-corrected chi connectivity index (χ2v) is 8.15. The van der Waals surface area contributed by atoms with Gasteiger partial charge >= 0.3 is 0 Å². The van der Waals surface area contributed by atoms with Gasteiger partial charge in [0, 0.05) is 25.0 Å². The third kappa shape index (κ3) is 4.94. The SMILES string of the molecule is CCN(CC)S(=O)(=O)c1cc(NC(=O)Cc2ccc(Cl)nc2)ccc1Cl. The molecule has 0 aliphatic heterocycles. The Kier molecular flexibility index (Phi) is 7.00. The highest BCUT2D eigenvalue weighted by Gasteiger charge is 2.24. The Labute approximate surface area is 163 Å². The van der Waals surface area contributed by atoms with Gasteiger partial charge in [-0.3, -0.25) is 4.79 Å². The molecule has 0 atom stereocenters. The maximum absolute atomic E-state index is 12.7. The number of carbonyl (C=O) groups excluding carboxylic acids is 1. The number of sulfonamides is 1.